The molecule has 336 valence electrons. The first-order valence-electron chi connectivity index (χ1n) is 18.4. The van der Waals surface area contributed by atoms with E-state index in [0.717, 1.165) is 32.5 Å². The van der Waals surface area contributed by atoms with Crippen molar-refractivity contribution in [1.82, 2.24) is 30.4 Å². The van der Waals surface area contributed by atoms with Crippen LogP contribution in [-0.4, -0.2) is 128 Å². The number of thiazole rings is 2. The topological polar surface area (TPSA) is 354 Å². The average molecular weight is 957 g/mol. The number of rotatable bonds is 15. The zero-order valence-corrected chi connectivity index (χ0v) is 36.5. The monoisotopic (exact) mass is 956 g/mol. The second kappa shape index (κ2) is 19.3. The van der Waals surface area contributed by atoms with Crippen molar-refractivity contribution >= 4 is 115 Å². The van der Waals surface area contributed by atoms with Crippen molar-refractivity contribution in [3.8, 4) is 0 Å². The number of carboxylic acids is 4. The molecule has 3 aromatic rings. The first kappa shape index (κ1) is 46.7. The Labute approximate surface area is 377 Å². The summed E-state index contributed by atoms with van der Waals surface area (Å²) in [5.41, 5.74) is 9.50. The van der Waals surface area contributed by atoms with Crippen molar-refractivity contribution in [3.63, 3.8) is 0 Å². The summed E-state index contributed by atoms with van der Waals surface area (Å²) in [4.78, 5) is 112. The van der Waals surface area contributed by atoms with Crippen LogP contribution in [0.5, 0.6) is 0 Å². The predicted octanol–water partition coefficient (Wildman–Crippen LogP) is -1.35. The third kappa shape index (κ3) is 10.0. The van der Waals surface area contributed by atoms with Gasteiger partial charge in [-0.2, -0.15) is 0 Å². The van der Waals surface area contributed by atoms with E-state index in [1.54, 1.807) is 29.1 Å². The van der Waals surface area contributed by atoms with Crippen LogP contribution in [0.15, 0.2) is 75.6 Å². The Kier molecular flexibility index (Phi) is 14.1. The minimum Gasteiger partial charge on any atom is -0.543 e. The minimum absolute atomic E-state index is 0.00795. The molecule has 0 radical (unpaired) electrons. The number of aromatic nitrogens is 3. The van der Waals surface area contributed by atoms with E-state index in [1.807, 2.05) is 6.07 Å². The van der Waals surface area contributed by atoms with Gasteiger partial charge in [0.05, 0.1) is 29.4 Å². The summed E-state index contributed by atoms with van der Waals surface area (Å²) in [6, 6.07) is 3.46. The molecule has 0 unspecified atom stereocenters. The van der Waals surface area contributed by atoms with E-state index in [4.69, 9.17) is 26.5 Å². The van der Waals surface area contributed by atoms with Crippen LogP contribution in [0.4, 0.5) is 10.3 Å². The Morgan fingerprint density at radius 3 is 2.08 bits per heavy atom. The normalized spacial score (nSPS) is 20.6. The molecule has 7 heterocycles. The number of hydrogen-bond acceptors (Lipinski definition) is 19. The van der Waals surface area contributed by atoms with Crippen molar-refractivity contribution in [1.29, 1.82) is 0 Å². The Bertz CT molecular complexity index is 2560. The molecule has 64 heavy (non-hydrogen) atoms. The third-order valence-electron chi connectivity index (χ3n) is 9.41. The summed E-state index contributed by atoms with van der Waals surface area (Å²) >= 11 is 4.73. The number of thioether (sulfide) groups is 2. The van der Waals surface area contributed by atoms with Gasteiger partial charge < -0.3 is 52.2 Å². The fourth-order valence-corrected chi connectivity index (χ4v) is 9.87. The molecule has 4 amide bonds. The van der Waals surface area contributed by atoms with Crippen LogP contribution in [0.25, 0.3) is 5.57 Å². The predicted molar refractivity (Wildman–Crippen MR) is 227 cm³/mol. The number of carbonyl (C=O) groups is 8. The summed E-state index contributed by atoms with van der Waals surface area (Å²) in [7, 11) is 0. The lowest BCUT2D eigenvalue weighted by atomic mass is 10.0. The fourth-order valence-electron chi connectivity index (χ4n) is 6.23. The van der Waals surface area contributed by atoms with Gasteiger partial charge in [0, 0.05) is 40.0 Å². The van der Waals surface area contributed by atoms with Crippen LogP contribution >= 0.6 is 46.2 Å². The van der Waals surface area contributed by atoms with Gasteiger partial charge in [0.25, 0.3) is 23.6 Å². The molecule has 7 rings (SSSR count). The fraction of sp³-hybridized carbons (Fsp3) is 0.297. The first-order chi connectivity index (χ1) is 30.3. The highest BCUT2D eigenvalue weighted by molar-refractivity contribution is 8.00. The molecule has 0 spiro atoms. The number of anilines is 2. The summed E-state index contributed by atoms with van der Waals surface area (Å²) in [6.45, 7) is 2.74. The number of nitrogens with two attached hydrogens (primary N) is 2. The molecule has 0 saturated carbocycles. The van der Waals surface area contributed by atoms with Gasteiger partial charge in [-0.25, -0.2) is 24.1 Å². The highest BCUT2D eigenvalue weighted by Gasteiger charge is 2.54. The Morgan fingerprint density at radius 1 is 0.922 bits per heavy atom. The molecule has 3 aromatic heterocycles. The summed E-state index contributed by atoms with van der Waals surface area (Å²) in [6.07, 6.45) is 5.78. The van der Waals surface area contributed by atoms with Gasteiger partial charge in [-0.05, 0) is 19.9 Å². The van der Waals surface area contributed by atoms with Crippen LogP contribution in [0.3, 0.4) is 0 Å². The smallest absolute Gasteiger partial charge is 0.352 e. The Morgan fingerprint density at radius 2 is 1.52 bits per heavy atom. The van der Waals surface area contributed by atoms with E-state index >= 15 is 0 Å². The zero-order valence-electron chi connectivity index (χ0n) is 33.2. The number of nitrogen functional groups attached to an aromatic ring is 2. The molecule has 4 atom stereocenters. The van der Waals surface area contributed by atoms with Crippen LogP contribution < -0.4 is 31.8 Å². The number of hydrogen-bond donors (Lipinski definition) is 7. The number of oxime groups is 1. The van der Waals surface area contributed by atoms with E-state index in [2.05, 4.69) is 25.8 Å². The van der Waals surface area contributed by atoms with Crippen molar-refractivity contribution in [2.24, 2.45) is 5.16 Å². The minimum atomic E-state index is -1.75. The maximum atomic E-state index is 13.1. The highest BCUT2D eigenvalue weighted by atomic mass is 32.2. The number of amides is 4. The van der Waals surface area contributed by atoms with Crippen molar-refractivity contribution in [2.75, 3.05) is 23.0 Å². The van der Waals surface area contributed by atoms with Crippen LogP contribution in [0.2, 0.25) is 0 Å². The maximum Gasteiger partial charge on any atom is 0.352 e. The highest BCUT2D eigenvalue weighted by Crippen LogP contribution is 2.40. The number of nitrogens with one attached hydrogen (secondary N) is 2. The maximum absolute atomic E-state index is 13.1. The van der Waals surface area contributed by atoms with E-state index in [0.29, 0.717) is 17.1 Å². The van der Waals surface area contributed by atoms with Crippen molar-refractivity contribution in [2.45, 2.75) is 55.2 Å². The van der Waals surface area contributed by atoms with Gasteiger partial charge in [0.1, 0.15) is 34.2 Å². The van der Waals surface area contributed by atoms with Gasteiger partial charge in [0.2, 0.25) is 5.60 Å². The summed E-state index contributed by atoms with van der Waals surface area (Å²) in [5, 5.41) is 50.1. The Hall–Kier alpha value is -6.84. The molecule has 4 aliphatic heterocycles. The van der Waals surface area contributed by atoms with Gasteiger partial charge in [-0.3, -0.25) is 33.8 Å². The van der Waals surface area contributed by atoms with E-state index in [9.17, 15) is 48.6 Å². The SMILES string of the molecule is CC(C)(O/N=C(/C(=O)N[C@@H]1C(=O)N2C(C(=O)[O-])=C(C[n+]3ccccc3)CS[C@H]12)c1csc(N)n1)C(=O)O.Nc1nc(/C(=C\CC(=O)O)C(=O)N[C@@H]2C(=O)N3C(C(=O)O)=CCS[C@H]23)cs1. The number of aliphatic carboxylic acids is 4. The largest absolute Gasteiger partial charge is 0.543 e. The third-order valence-corrected chi connectivity index (χ3v) is 13.3. The zero-order chi connectivity index (χ0) is 46.6. The number of fused-ring (bicyclic) bond motifs is 2. The molecule has 27 heteroatoms. The molecule has 9 N–H and O–H groups in total. The number of nitrogens with zero attached hydrogens (tertiary/aromatic N) is 6. The molecule has 0 bridgehead atoms. The first-order valence-corrected chi connectivity index (χ1v) is 22.3. The molecule has 2 saturated heterocycles. The van der Waals surface area contributed by atoms with E-state index in [-0.39, 0.29) is 50.9 Å². The summed E-state index contributed by atoms with van der Waals surface area (Å²) in [5.74, 6) is -7.16. The van der Waals surface area contributed by atoms with Crippen molar-refractivity contribution in [3.05, 3.63) is 81.9 Å². The lowest BCUT2D eigenvalue weighted by Gasteiger charge is -2.50. The van der Waals surface area contributed by atoms with Gasteiger partial charge in [0.15, 0.2) is 34.9 Å². The van der Waals surface area contributed by atoms with Crippen LogP contribution in [0, 0.1) is 0 Å². The summed E-state index contributed by atoms with van der Waals surface area (Å²) < 4.78 is 1.78. The molecular formula is C37H36N10O13S4. The van der Waals surface area contributed by atoms with Crippen LogP contribution in [0.1, 0.15) is 31.7 Å². The standard InChI is InChI=1S/C22H22N6O7S2.C15H14N4O6S2/c1-22(2,20(33)34)35-26-13(12-10-37-21(23)24-12)16(29)25-14-17(30)28-15(19(31)32)11(9-36-18(14)28)8-27-6-4-3-5-7-27;16-15-17-7(5-27-15)6(1-2-9(20)21)11(22)18-10-12(23)19-8(14(24)25)3-4-26-13(10)19/h3-7,10,14,18H,8-9H2,1-2H3,(H4-,23,24,25,29,31,32,33,34);1,3,5,10,13H,2,4H2,(H2,16,17)(H,18,22)(H,20,21)(H,24,25)/b26-13+;6-1+/t14-,18-;10-,13-/m11/s1. The number of carbonyl (C=O) groups excluding carboxylic acids is 5. The number of pyridine rings is 1. The number of β-lactam (4-membered cyclic amide) rings is 2. The van der Waals surface area contributed by atoms with Gasteiger partial charge in [-0.1, -0.05) is 17.3 Å². The van der Waals surface area contributed by atoms with E-state index in [1.165, 1.54) is 60.3 Å². The second-order valence-electron chi connectivity index (χ2n) is 14.1. The number of carboxylic acid groups (broad SMARTS) is 4. The molecule has 0 aliphatic carbocycles. The lowest BCUT2D eigenvalue weighted by molar-refractivity contribution is -0.689. The molecular weight excluding hydrogens is 921 g/mol. The molecule has 23 nitrogen and oxygen atoms in total. The molecule has 0 aromatic carbocycles. The van der Waals surface area contributed by atoms with Gasteiger partial charge >= 0.3 is 17.9 Å². The molecule has 2 fully saturated rings. The lowest BCUT2D eigenvalue weighted by Crippen LogP contribution is -2.71. The average Bonchev–Trinajstić information content (AvgIpc) is 3.89. The quantitative estimate of drug-likeness (QED) is 0.0304. The Balaban J connectivity index is 0.000000223. The second-order valence-corrected chi connectivity index (χ2v) is 18.2. The molecule has 4 aliphatic rings. The van der Waals surface area contributed by atoms with Gasteiger partial charge in [-0.15, -0.1) is 46.2 Å². The van der Waals surface area contributed by atoms with Crippen molar-refractivity contribution < 1.29 is 68.2 Å². The van der Waals surface area contributed by atoms with Crippen LogP contribution in [-0.2, 0) is 49.7 Å². The van der Waals surface area contributed by atoms with E-state index < -0.39 is 82.4 Å².